The molecule has 1 fully saturated rings. The zero-order chi connectivity index (χ0) is 24.8. The van der Waals surface area contributed by atoms with Crippen molar-refractivity contribution in [3.05, 3.63) is 64.4 Å². The fraction of sp³-hybridized carbons (Fsp3) is 0.385. The topological polar surface area (TPSA) is 86.3 Å². The maximum Gasteiger partial charge on any atom is 0.238 e. The fourth-order valence-electron chi connectivity index (χ4n) is 4.39. The normalized spacial score (nSPS) is 14.2. The summed E-state index contributed by atoms with van der Waals surface area (Å²) in [6, 6.07) is 15.9. The highest BCUT2D eigenvalue weighted by Crippen LogP contribution is 2.19. The summed E-state index contributed by atoms with van der Waals surface area (Å²) in [4.78, 5) is 29.4. The molecule has 4 rings (SSSR count). The number of para-hydroxylation sites is 1. The van der Waals surface area contributed by atoms with Gasteiger partial charge in [0, 0.05) is 50.4 Å². The van der Waals surface area contributed by atoms with E-state index in [9.17, 15) is 9.59 Å². The van der Waals surface area contributed by atoms with Gasteiger partial charge in [0.25, 0.3) is 0 Å². The third-order valence-electron chi connectivity index (χ3n) is 6.35. The summed E-state index contributed by atoms with van der Waals surface area (Å²) in [7, 11) is 0. The van der Waals surface area contributed by atoms with E-state index in [0.717, 1.165) is 34.6 Å². The van der Waals surface area contributed by atoms with Crippen molar-refractivity contribution in [1.82, 2.24) is 24.6 Å². The maximum absolute atomic E-state index is 12.9. The molecule has 2 amide bonds. The molecular weight excluding hydrogens is 460 g/mol. The van der Waals surface area contributed by atoms with Gasteiger partial charge in [0.05, 0.1) is 6.54 Å². The summed E-state index contributed by atoms with van der Waals surface area (Å²) in [6.45, 7) is 7.47. The van der Waals surface area contributed by atoms with E-state index >= 15 is 0 Å². The lowest BCUT2D eigenvalue weighted by Crippen LogP contribution is -2.50. The number of aromatic amines is 1. The molecule has 35 heavy (non-hydrogen) atoms. The average molecular weight is 493 g/mol. The zero-order valence-corrected chi connectivity index (χ0v) is 21.1. The van der Waals surface area contributed by atoms with Crippen LogP contribution >= 0.6 is 12.2 Å². The van der Waals surface area contributed by atoms with E-state index < -0.39 is 0 Å². The Labute approximate surface area is 210 Å². The second-order valence-corrected chi connectivity index (χ2v) is 9.23. The molecule has 0 spiro atoms. The average Bonchev–Trinajstić information content (AvgIpc) is 3.23. The zero-order valence-electron chi connectivity index (χ0n) is 20.3. The minimum Gasteiger partial charge on any atom is -0.340 e. The first-order valence-electron chi connectivity index (χ1n) is 12.0. The molecule has 0 saturated carbocycles. The Balaban J connectivity index is 1.27. The third-order valence-corrected chi connectivity index (χ3v) is 6.66. The van der Waals surface area contributed by atoms with Crippen LogP contribution in [-0.4, -0.2) is 69.1 Å². The van der Waals surface area contributed by atoms with E-state index in [-0.39, 0.29) is 11.8 Å². The first-order valence-corrected chi connectivity index (χ1v) is 12.5. The quantitative estimate of drug-likeness (QED) is 0.469. The summed E-state index contributed by atoms with van der Waals surface area (Å²) < 4.78 is 2.39. The molecule has 1 aliphatic heterocycles. The second kappa shape index (κ2) is 11.4. The number of piperazine rings is 1. The van der Waals surface area contributed by atoms with Crippen molar-refractivity contribution in [1.29, 1.82) is 0 Å². The number of amides is 2. The molecular formula is C26H32N6O2S. The monoisotopic (exact) mass is 492 g/mol. The number of carbonyl (C=O) groups is 2. The first kappa shape index (κ1) is 24.8. The van der Waals surface area contributed by atoms with Crippen LogP contribution in [0.1, 0.15) is 24.5 Å². The molecule has 2 N–H and O–H groups in total. The van der Waals surface area contributed by atoms with Gasteiger partial charge in [0.2, 0.25) is 11.8 Å². The Morgan fingerprint density at radius 2 is 1.86 bits per heavy atom. The summed E-state index contributed by atoms with van der Waals surface area (Å²) in [6.07, 6.45) is 1.22. The third kappa shape index (κ3) is 6.23. The number of carbonyl (C=O) groups excluding carboxylic acids is 2. The molecule has 0 radical (unpaired) electrons. The molecule has 9 heteroatoms. The predicted octanol–water partition coefficient (Wildman–Crippen LogP) is 3.65. The summed E-state index contributed by atoms with van der Waals surface area (Å²) >= 11 is 5.41. The first-order chi connectivity index (χ1) is 16.9. The van der Waals surface area contributed by atoms with Gasteiger partial charge in [-0.05, 0) is 43.3 Å². The van der Waals surface area contributed by atoms with E-state index in [1.54, 1.807) is 0 Å². The molecule has 184 valence electrons. The van der Waals surface area contributed by atoms with Crippen LogP contribution < -0.4 is 5.32 Å². The largest absolute Gasteiger partial charge is 0.340 e. The number of aromatic nitrogens is 3. The number of hydrogen-bond acceptors (Lipinski definition) is 5. The van der Waals surface area contributed by atoms with Gasteiger partial charge in [-0.3, -0.25) is 24.2 Å². The molecule has 1 aromatic heterocycles. The van der Waals surface area contributed by atoms with Crippen molar-refractivity contribution in [2.24, 2.45) is 0 Å². The van der Waals surface area contributed by atoms with E-state index in [4.69, 9.17) is 12.2 Å². The minimum atomic E-state index is -0.0244. The molecule has 1 saturated heterocycles. The van der Waals surface area contributed by atoms with Gasteiger partial charge in [-0.25, -0.2) is 0 Å². The number of rotatable bonds is 8. The highest BCUT2D eigenvalue weighted by Gasteiger charge is 2.23. The van der Waals surface area contributed by atoms with Gasteiger partial charge >= 0.3 is 0 Å². The van der Waals surface area contributed by atoms with Gasteiger partial charge in [0.1, 0.15) is 0 Å². The van der Waals surface area contributed by atoms with E-state index in [1.165, 1.54) is 0 Å². The van der Waals surface area contributed by atoms with Gasteiger partial charge in [0.15, 0.2) is 10.6 Å². The fourth-order valence-corrected chi connectivity index (χ4v) is 4.62. The van der Waals surface area contributed by atoms with Crippen molar-refractivity contribution in [2.75, 3.05) is 38.0 Å². The molecule has 2 aromatic carbocycles. The lowest BCUT2D eigenvalue weighted by Gasteiger charge is -2.34. The molecule has 0 bridgehead atoms. The van der Waals surface area contributed by atoms with Crippen LogP contribution in [0.3, 0.4) is 0 Å². The van der Waals surface area contributed by atoms with Crippen LogP contribution in [0.4, 0.5) is 5.69 Å². The van der Waals surface area contributed by atoms with Crippen LogP contribution in [0, 0.1) is 11.7 Å². The molecule has 3 aromatic rings. The number of nitrogens with one attached hydrogen (secondary N) is 2. The Hall–Kier alpha value is -3.30. The number of anilines is 1. The number of hydrogen-bond donors (Lipinski definition) is 2. The van der Waals surface area contributed by atoms with Gasteiger partial charge < -0.3 is 10.2 Å². The lowest BCUT2D eigenvalue weighted by molar-refractivity contribution is -0.133. The molecule has 0 aliphatic carbocycles. The SMILES string of the molecule is CCc1ccccc1NC(=O)CN1CCN(C(=O)CCn2c(-c3cccc(C)c3)n[nH]c2=S)CC1. The Morgan fingerprint density at radius 3 is 2.60 bits per heavy atom. The highest BCUT2D eigenvalue weighted by molar-refractivity contribution is 7.71. The number of nitrogens with zero attached hydrogens (tertiary/aromatic N) is 4. The van der Waals surface area contributed by atoms with Crippen LogP contribution in [0.15, 0.2) is 48.5 Å². The molecule has 0 atom stereocenters. The molecule has 2 heterocycles. The van der Waals surface area contributed by atoms with Gasteiger partial charge in [-0.1, -0.05) is 48.9 Å². The van der Waals surface area contributed by atoms with Crippen molar-refractivity contribution in [3.8, 4) is 11.4 Å². The van der Waals surface area contributed by atoms with Crippen LogP contribution in [0.25, 0.3) is 11.4 Å². The predicted molar refractivity (Wildman–Crippen MR) is 140 cm³/mol. The Bertz CT molecular complexity index is 1240. The maximum atomic E-state index is 12.9. The standard InChI is InChI=1S/C26H32N6O2S/c1-3-20-8-4-5-10-22(20)27-23(33)18-30-13-15-31(16-14-30)24(34)11-12-32-25(28-29-26(32)35)21-9-6-7-19(2)17-21/h4-10,17H,3,11-16,18H2,1-2H3,(H,27,33)(H,29,35). The Kier molecular flexibility index (Phi) is 8.09. The van der Waals surface area contributed by atoms with Crippen LogP contribution in [-0.2, 0) is 22.6 Å². The summed E-state index contributed by atoms with van der Waals surface area (Å²) in [5, 5.41) is 10.2. The molecule has 1 aliphatic rings. The lowest BCUT2D eigenvalue weighted by atomic mass is 10.1. The summed E-state index contributed by atoms with van der Waals surface area (Å²) in [5.74, 6) is 0.805. The minimum absolute atomic E-state index is 0.0244. The van der Waals surface area contributed by atoms with Gasteiger partial charge in [-0.15, -0.1) is 0 Å². The number of aryl methyl sites for hydroxylation is 2. The second-order valence-electron chi connectivity index (χ2n) is 8.84. The van der Waals surface area contributed by atoms with Crippen molar-refractivity contribution >= 4 is 29.7 Å². The summed E-state index contributed by atoms with van der Waals surface area (Å²) in [5.41, 5.74) is 4.11. The smallest absolute Gasteiger partial charge is 0.238 e. The Morgan fingerprint density at radius 1 is 1.09 bits per heavy atom. The van der Waals surface area contributed by atoms with Gasteiger partial charge in [-0.2, -0.15) is 5.10 Å². The van der Waals surface area contributed by atoms with Crippen molar-refractivity contribution < 1.29 is 9.59 Å². The molecule has 0 unspecified atom stereocenters. The van der Waals surface area contributed by atoms with Crippen molar-refractivity contribution in [2.45, 2.75) is 33.2 Å². The van der Waals surface area contributed by atoms with E-state index in [1.807, 2.05) is 58.9 Å². The van der Waals surface area contributed by atoms with Crippen LogP contribution in [0.5, 0.6) is 0 Å². The number of benzene rings is 2. The molecule has 8 nitrogen and oxygen atoms in total. The van der Waals surface area contributed by atoms with Crippen molar-refractivity contribution in [3.63, 3.8) is 0 Å². The highest BCUT2D eigenvalue weighted by atomic mass is 32.1. The van der Waals surface area contributed by atoms with E-state index in [0.29, 0.717) is 50.5 Å². The van der Waals surface area contributed by atoms with E-state index in [2.05, 4.69) is 33.4 Å². The van der Waals surface area contributed by atoms with Crippen LogP contribution in [0.2, 0.25) is 0 Å². The number of H-pyrrole nitrogens is 1.